The van der Waals surface area contributed by atoms with E-state index in [-0.39, 0.29) is 17.9 Å². The highest BCUT2D eigenvalue weighted by Gasteiger charge is 2.26. The number of amides is 1. The molecule has 1 fully saturated rings. The lowest BCUT2D eigenvalue weighted by molar-refractivity contribution is -0.124. The van der Waals surface area contributed by atoms with Gasteiger partial charge in [0, 0.05) is 28.9 Å². The van der Waals surface area contributed by atoms with Crippen LogP contribution in [0.2, 0.25) is 5.02 Å². The van der Waals surface area contributed by atoms with E-state index in [1.807, 2.05) is 26.0 Å². The molecule has 2 atom stereocenters. The van der Waals surface area contributed by atoms with Gasteiger partial charge in [0.2, 0.25) is 5.91 Å². The zero-order valence-electron chi connectivity index (χ0n) is 14.8. The monoisotopic (exact) mass is 425 g/mol. The maximum Gasteiger partial charge on any atom is 0.224 e. The van der Waals surface area contributed by atoms with Crippen LogP contribution in [0.1, 0.15) is 17.0 Å². The van der Waals surface area contributed by atoms with Crippen molar-refractivity contribution in [2.75, 3.05) is 11.1 Å². The molecule has 0 radical (unpaired) electrons. The lowest BCUT2D eigenvalue weighted by atomic mass is 10.2. The Kier molecular flexibility index (Phi) is 6.53. The highest BCUT2D eigenvalue weighted by molar-refractivity contribution is 8.01. The summed E-state index contributed by atoms with van der Waals surface area (Å²) >= 11 is 9.22. The van der Waals surface area contributed by atoms with Crippen molar-refractivity contribution in [2.24, 2.45) is 10.7 Å². The number of hydrogen-bond acceptors (Lipinski definition) is 7. The van der Waals surface area contributed by atoms with E-state index in [4.69, 9.17) is 17.3 Å². The van der Waals surface area contributed by atoms with Gasteiger partial charge in [0.1, 0.15) is 5.01 Å². The topological polar surface area (TPSA) is 117 Å². The third kappa shape index (κ3) is 5.80. The molecule has 2 aromatic rings. The Morgan fingerprint density at radius 2 is 2.30 bits per heavy atom. The number of thioether (sulfide) groups is 1. The number of aliphatic imine (C=N–C) groups is 1. The minimum absolute atomic E-state index is 0.0386. The highest BCUT2D eigenvalue weighted by Crippen LogP contribution is 2.24. The molecule has 3 rings (SSSR count). The van der Waals surface area contributed by atoms with E-state index < -0.39 is 6.29 Å². The van der Waals surface area contributed by atoms with Crippen LogP contribution in [0.3, 0.4) is 0 Å². The highest BCUT2D eigenvalue weighted by atomic mass is 35.5. The first-order valence-electron chi connectivity index (χ1n) is 8.24. The fraction of sp³-hybridized carbons (Fsp3) is 0.375. The molecule has 1 amide bonds. The van der Waals surface area contributed by atoms with Crippen LogP contribution >= 0.6 is 34.7 Å². The van der Waals surface area contributed by atoms with Crippen molar-refractivity contribution in [1.29, 1.82) is 0 Å². The van der Waals surface area contributed by atoms with Gasteiger partial charge in [-0.3, -0.25) is 10.1 Å². The van der Waals surface area contributed by atoms with Gasteiger partial charge in [0.15, 0.2) is 16.6 Å². The standard InChI is InChI=1S/C16H20ClN7OS2/c1-8-3-4-10(5-12(8)17)19-14(18)22-15-20-11(6-13(25)21-15)7-26-16-24-23-9(2)27-16/h3-5,11,15,20H,6-7H2,1-2H3,(H,21,25)(H3,18,19,22). The Balaban J connectivity index is 1.58. The summed E-state index contributed by atoms with van der Waals surface area (Å²) in [5, 5.41) is 18.6. The average Bonchev–Trinajstić information content (AvgIpc) is 3.01. The van der Waals surface area contributed by atoms with Crippen LogP contribution in [-0.2, 0) is 4.79 Å². The summed E-state index contributed by atoms with van der Waals surface area (Å²) in [5.41, 5.74) is 7.67. The second-order valence-electron chi connectivity index (χ2n) is 6.04. The lowest BCUT2D eigenvalue weighted by Crippen LogP contribution is -2.57. The largest absolute Gasteiger partial charge is 0.370 e. The summed E-state index contributed by atoms with van der Waals surface area (Å²) in [6.07, 6.45) is -0.223. The van der Waals surface area contributed by atoms with Crippen molar-refractivity contribution >= 4 is 52.3 Å². The van der Waals surface area contributed by atoms with Gasteiger partial charge in [0.05, 0.1) is 0 Å². The number of carbonyl (C=O) groups excluding carboxylic acids is 1. The number of nitrogens with zero attached hydrogens (tertiary/aromatic N) is 3. The Labute approximate surface area is 170 Å². The molecular formula is C16H20ClN7OS2. The number of aromatic nitrogens is 2. The van der Waals surface area contributed by atoms with Crippen molar-refractivity contribution in [3.8, 4) is 0 Å². The van der Waals surface area contributed by atoms with Gasteiger partial charge in [-0.15, -0.1) is 10.2 Å². The number of aryl methyl sites for hydroxylation is 2. The number of halogens is 1. The SMILES string of the molecule is Cc1nnc(SCC2CC(=O)NC(/N=C(\N)Nc3ccc(C)c(Cl)c3)N2)s1. The predicted molar refractivity (Wildman–Crippen MR) is 110 cm³/mol. The number of carbonyl (C=O) groups is 1. The van der Waals surface area contributed by atoms with E-state index in [1.54, 1.807) is 17.8 Å². The summed E-state index contributed by atoms with van der Waals surface area (Å²) < 4.78 is 0.887. The van der Waals surface area contributed by atoms with Crippen LogP contribution in [0.25, 0.3) is 0 Å². The molecule has 0 spiro atoms. The number of hydrogen-bond donors (Lipinski definition) is 4. The Morgan fingerprint density at radius 3 is 3.00 bits per heavy atom. The first-order chi connectivity index (χ1) is 12.9. The molecule has 11 heteroatoms. The van der Waals surface area contributed by atoms with Gasteiger partial charge in [0.25, 0.3) is 0 Å². The molecule has 0 aliphatic carbocycles. The van der Waals surface area contributed by atoms with Crippen LogP contribution in [0.15, 0.2) is 27.5 Å². The normalized spacial score (nSPS) is 20.4. The van der Waals surface area contributed by atoms with E-state index in [2.05, 4.69) is 31.1 Å². The van der Waals surface area contributed by atoms with Crippen molar-refractivity contribution in [2.45, 2.75) is 36.9 Å². The molecule has 1 aliphatic heterocycles. The van der Waals surface area contributed by atoms with Gasteiger partial charge >= 0.3 is 0 Å². The number of nitrogens with two attached hydrogens (primary N) is 1. The molecule has 27 heavy (non-hydrogen) atoms. The molecule has 1 aromatic carbocycles. The number of nitrogens with one attached hydrogen (secondary N) is 3. The Hall–Kier alpha value is -1.88. The summed E-state index contributed by atoms with van der Waals surface area (Å²) in [4.78, 5) is 16.3. The van der Waals surface area contributed by atoms with Crippen molar-refractivity contribution in [3.63, 3.8) is 0 Å². The maximum absolute atomic E-state index is 12.0. The minimum atomic E-state index is -0.596. The van der Waals surface area contributed by atoms with E-state index in [0.29, 0.717) is 17.2 Å². The van der Waals surface area contributed by atoms with Gasteiger partial charge in [-0.05, 0) is 31.5 Å². The van der Waals surface area contributed by atoms with Crippen LogP contribution in [0.5, 0.6) is 0 Å². The predicted octanol–water partition coefficient (Wildman–Crippen LogP) is 2.09. The zero-order chi connectivity index (χ0) is 19.4. The molecular weight excluding hydrogens is 406 g/mol. The maximum atomic E-state index is 12.0. The molecule has 2 unspecified atom stereocenters. The van der Waals surface area contributed by atoms with Gasteiger partial charge in [-0.25, -0.2) is 4.99 Å². The van der Waals surface area contributed by atoms with Gasteiger partial charge < -0.3 is 16.4 Å². The molecule has 1 aromatic heterocycles. The van der Waals surface area contributed by atoms with Crippen molar-refractivity contribution in [1.82, 2.24) is 20.8 Å². The number of guanidine groups is 1. The Morgan fingerprint density at radius 1 is 1.48 bits per heavy atom. The average molecular weight is 426 g/mol. The van der Waals surface area contributed by atoms with E-state index in [1.165, 1.54) is 11.3 Å². The molecule has 1 saturated heterocycles. The molecule has 2 heterocycles. The van der Waals surface area contributed by atoms with E-state index in [9.17, 15) is 4.79 Å². The van der Waals surface area contributed by atoms with Gasteiger partial charge in [-0.1, -0.05) is 40.8 Å². The molecule has 0 bridgehead atoms. The summed E-state index contributed by atoms with van der Waals surface area (Å²) in [6, 6.07) is 5.49. The van der Waals surface area contributed by atoms with Crippen LogP contribution in [-0.4, -0.2) is 40.1 Å². The zero-order valence-corrected chi connectivity index (χ0v) is 17.2. The fourth-order valence-corrected chi connectivity index (χ4v) is 4.49. The minimum Gasteiger partial charge on any atom is -0.370 e. The quantitative estimate of drug-likeness (QED) is 0.329. The first kappa shape index (κ1) is 19.9. The third-order valence-corrected chi connectivity index (χ3v) is 6.29. The second kappa shape index (κ2) is 8.87. The molecule has 5 N–H and O–H groups in total. The fourth-order valence-electron chi connectivity index (χ4n) is 2.43. The third-order valence-electron chi connectivity index (χ3n) is 3.75. The number of anilines is 1. The van der Waals surface area contributed by atoms with E-state index >= 15 is 0 Å². The number of benzene rings is 1. The van der Waals surface area contributed by atoms with Crippen molar-refractivity contribution < 1.29 is 4.79 Å². The molecule has 0 saturated carbocycles. The smallest absolute Gasteiger partial charge is 0.224 e. The van der Waals surface area contributed by atoms with Crippen molar-refractivity contribution in [3.05, 3.63) is 33.8 Å². The van der Waals surface area contributed by atoms with Gasteiger partial charge in [-0.2, -0.15) is 0 Å². The molecule has 8 nitrogen and oxygen atoms in total. The Bertz CT molecular complexity index is 857. The second-order valence-corrected chi connectivity index (χ2v) is 8.90. The molecule has 144 valence electrons. The molecule has 1 aliphatic rings. The lowest BCUT2D eigenvalue weighted by Gasteiger charge is -2.29. The summed E-state index contributed by atoms with van der Waals surface area (Å²) in [6.45, 7) is 3.84. The van der Waals surface area contributed by atoms with Crippen LogP contribution < -0.4 is 21.7 Å². The first-order valence-corrected chi connectivity index (χ1v) is 10.4. The number of rotatable bonds is 5. The van der Waals surface area contributed by atoms with Crippen LogP contribution in [0.4, 0.5) is 5.69 Å². The summed E-state index contributed by atoms with van der Waals surface area (Å²) in [5.74, 6) is 0.795. The van der Waals surface area contributed by atoms with Crippen LogP contribution in [0, 0.1) is 13.8 Å². The summed E-state index contributed by atoms with van der Waals surface area (Å²) in [7, 11) is 0. The van der Waals surface area contributed by atoms with E-state index in [0.717, 1.165) is 20.6 Å².